The summed E-state index contributed by atoms with van der Waals surface area (Å²) < 4.78 is 7.57. The summed E-state index contributed by atoms with van der Waals surface area (Å²) in [6, 6.07) is 6.66. The van der Waals surface area contributed by atoms with Crippen molar-refractivity contribution in [2.45, 2.75) is 25.4 Å². The fourth-order valence-electron chi connectivity index (χ4n) is 2.89. The quantitative estimate of drug-likeness (QED) is 0.788. The van der Waals surface area contributed by atoms with Crippen LogP contribution in [0.4, 0.5) is 0 Å². The van der Waals surface area contributed by atoms with Crippen LogP contribution >= 0.6 is 24.8 Å². The van der Waals surface area contributed by atoms with Gasteiger partial charge in [0.1, 0.15) is 5.58 Å². The van der Waals surface area contributed by atoms with Crippen molar-refractivity contribution in [2.24, 2.45) is 0 Å². The van der Waals surface area contributed by atoms with E-state index in [1.54, 1.807) is 6.26 Å². The number of nitrogens with one attached hydrogen (secondary N) is 1. The first-order valence-corrected chi connectivity index (χ1v) is 6.47. The summed E-state index contributed by atoms with van der Waals surface area (Å²) in [5.41, 5.74) is 2.12. The van der Waals surface area contributed by atoms with E-state index < -0.39 is 0 Å². The Hall–Kier alpha value is -1.23. The third-order valence-electron chi connectivity index (χ3n) is 3.79. The highest BCUT2D eigenvalue weighted by atomic mass is 35.5. The molecule has 108 valence electrons. The van der Waals surface area contributed by atoms with Gasteiger partial charge in [-0.25, -0.2) is 0 Å². The van der Waals surface area contributed by atoms with Crippen LogP contribution in [0.1, 0.15) is 12.8 Å². The molecule has 0 saturated carbocycles. The third-order valence-corrected chi connectivity index (χ3v) is 3.79. The normalized spacial score (nSPS) is 18.1. The lowest BCUT2D eigenvalue weighted by Crippen LogP contribution is -2.27. The molecule has 20 heavy (non-hydrogen) atoms. The lowest BCUT2D eigenvalue weighted by atomic mass is 10.2. The summed E-state index contributed by atoms with van der Waals surface area (Å²) in [5.74, 6) is 0. The summed E-state index contributed by atoms with van der Waals surface area (Å²) >= 11 is 0. The first-order valence-electron chi connectivity index (χ1n) is 6.47. The molecular formula is C14H17Cl2N3O. The summed E-state index contributed by atoms with van der Waals surface area (Å²) in [7, 11) is 0. The zero-order valence-corrected chi connectivity index (χ0v) is 12.5. The van der Waals surface area contributed by atoms with Gasteiger partial charge in [-0.1, -0.05) is 0 Å². The van der Waals surface area contributed by atoms with E-state index in [1.165, 1.54) is 23.7 Å². The Morgan fingerprint density at radius 3 is 3.00 bits per heavy atom. The summed E-state index contributed by atoms with van der Waals surface area (Å²) in [5, 5.41) is 10.4. The average molecular weight is 314 g/mol. The Morgan fingerprint density at radius 2 is 2.20 bits per heavy atom. The molecular weight excluding hydrogens is 297 g/mol. The second-order valence-electron chi connectivity index (χ2n) is 4.96. The average Bonchev–Trinajstić information content (AvgIpc) is 3.08. The van der Waals surface area contributed by atoms with E-state index in [0.717, 1.165) is 24.1 Å². The monoisotopic (exact) mass is 313 g/mol. The number of aromatic nitrogens is 2. The molecule has 0 aliphatic carbocycles. The Kier molecular flexibility index (Phi) is 4.58. The number of rotatable bonds is 2. The molecule has 1 N–H and O–H groups in total. The first kappa shape index (κ1) is 15.2. The van der Waals surface area contributed by atoms with Crippen molar-refractivity contribution in [2.75, 3.05) is 6.54 Å². The van der Waals surface area contributed by atoms with Crippen LogP contribution in [0.25, 0.3) is 21.9 Å². The number of halogens is 2. The van der Waals surface area contributed by atoms with E-state index in [9.17, 15) is 0 Å². The summed E-state index contributed by atoms with van der Waals surface area (Å²) in [4.78, 5) is 0. The molecule has 6 heteroatoms. The van der Waals surface area contributed by atoms with E-state index in [1.807, 2.05) is 18.3 Å². The van der Waals surface area contributed by atoms with E-state index >= 15 is 0 Å². The number of hydrogen-bond acceptors (Lipinski definition) is 3. The molecule has 3 heterocycles. The maximum atomic E-state index is 5.46. The molecule has 3 aromatic rings. The maximum Gasteiger partial charge on any atom is 0.136 e. The second-order valence-corrected chi connectivity index (χ2v) is 4.96. The molecule has 1 aliphatic heterocycles. The van der Waals surface area contributed by atoms with Crippen molar-refractivity contribution in [3.8, 4) is 0 Å². The highest BCUT2D eigenvalue weighted by Crippen LogP contribution is 2.26. The lowest BCUT2D eigenvalue weighted by Gasteiger charge is -2.11. The molecule has 0 radical (unpaired) electrons. The fourth-order valence-corrected chi connectivity index (χ4v) is 2.89. The molecule has 0 amide bonds. The highest BCUT2D eigenvalue weighted by Gasteiger charge is 2.17. The van der Waals surface area contributed by atoms with Gasteiger partial charge in [-0.2, -0.15) is 5.10 Å². The second kappa shape index (κ2) is 6.04. The Bertz CT molecular complexity index is 701. The van der Waals surface area contributed by atoms with Gasteiger partial charge < -0.3 is 9.73 Å². The lowest BCUT2D eigenvalue weighted by molar-refractivity contribution is 0.487. The number of furan rings is 1. The molecule has 1 atom stereocenters. The Balaban J connectivity index is 0.000000735. The van der Waals surface area contributed by atoms with Gasteiger partial charge in [-0.05, 0) is 37.6 Å². The van der Waals surface area contributed by atoms with Crippen molar-refractivity contribution >= 4 is 46.7 Å². The molecule has 4 nitrogen and oxygen atoms in total. The minimum absolute atomic E-state index is 0. The number of nitrogens with zero attached hydrogens (tertiary/aromatic N) is 2. The van der Waals surface area contributed by atoms with Crippen molar-refractivity contribution in [3.05, 3.63) is 30.7 Å². The highest BCUT2D eigenvalue weighted by molar-refractivity contribution is 6.03. The van der Waals surface area contributed by atoms with Crippen LogP contribution < -0.4 is 5.32 Å². The maximum absolute atomic E-state index is 5.46. The number of benzene rings is 1. The smallest absolute Gasteiger partial charge is 0.136 e. The van der Waals surface area contributed by atoms with Crippen LogP contribution in [0.5, 0.6) is 0 Å². The molecule has 0 spiro atoms. The van der Waals surface area contributed by atoms with Crippen LogP contribution in [0, 0.1) is 0 Å². The molecule has 1 aliphatic rings. The zero-order chi connectivity index (χ0) is 11.9. The van der Waals surface area contributed by atoms with Crippen molar-refractivity contribution in [1.29, 1.82) is 0 Å². The summed E-state index contributed by atoms with van der Waals surface area (Å²) in [6.45, 7) is 2.07. The van der Waals surface area contributed by atoms with Crippen molar-refractivity contribution < 1.29 is 4.42 Å². The Morgan fingerprint density at radius 1 is 1.30 bits per heavy atom. The molecule has 0 bridgehead atoms. The van der Waals surface area contributed by atoms with Gasteiger partial charge in [-0.3, -0.25) is 4.68 Å². The minimum Gasteiger partial charge on any atom is -0.464 e. The van der Waals surface area contributed by atoms with E-state index in [-0.39, 0.29) is 24.8 Å². The molecule has 1 saturated heterocycles. The topological polar surface area (TPSA) is 43.0 Å². The predicted octanol–water partition coefficient (Wildman–Crippen LogP) is 3.38. The van der Waals surface area contributed by atoms with Gasteiger partial charge in [0, 0.05) is 16.8 Å². The summed E-state index contributed by atoms with van der Waals surface area (Å²) in [6.07, 6.45) is 6.19. The SMILES string of the molecule is Cl.Cl.c1cc2c(ccc3cnn(C[C@H]4CCCN4)c32)o1. The fraction of sp³-hybridized carbons (Fsp3) is 0.357. The Labute approximate surface area is 129 Å². The standard InChI is InChI=1S/C14H15N3O.2ClH/c1-2-11(15-6-1)9-17-14-10(8-16-17)3-4-13-12(14)5-7-18-13;;/h3-5,7-8,11,15H,1-2,6,9H2;2*1H/t11-;;/m1../s1. The van der Waals surface area contributed by atoms with E-state index in [0.29, 0.717) is 6.04 Å². The largest absolute Gasteiger partial charge is 0.464 e. The third kappa shape index (κ3) is 2.39. The van der Waals surface area contributed by atoms with Crippen LogP contribution in [0.2, 0.25) is 0 Å². The van der Waals surface area contributed by atoms with E-state index in [2.05, 4.69) is 21.2 Å². The van der Waals surface area contributed by atoms with Crippen LogP contribution in [-0.2, 0) is 6.54 Å². The van der Waals surface area contributed by atoms with Gasteiger partial charge >= 0.3 is 0 Å². The predicted molar refractivity (Wildman–Crippen MR) is 85.0 cm³/mol. The molecule has 1 aromatic carbocycles. The molecule has 4 rings (SSSR count). The van der Waals surface area contributed by atoms with Gasteiger partial charge in [0.2, 0.25) is 0 Å². The van der Waals surface area contributed by atoms with Crippen LogP contribution in [-0.4, -0.2) is 22.4 Å². The van der Waals surface area contributed by atoms with Crippen LogP contribution in [0.3, 0.4) is 0 Å². The van der Waals surface area contributed by atoms with Crippen molar-refractivity contribution in [1.82, 2.24) is 15.1 Å². The van der Waals surface area contributed by atoms with E-state index in [4.69, 9.17) is 4.42 Å². The van der Waals surface area contributed by atoms with Gasteiger partial charge in [0.05, 0.1) is 24.5 Å². The first-order chi connectivity index (χ1) is 8.92. The van der Waals surface area contributed by atoms with Gasteiger partial charge in [0.25, 0.3) is 0 Å². The molecule has 1 fully saturated rings. The molecule has 2 aromatic heterocycles. The number of hydrogen-bond donors (Lipinski definition) is 1. The van der Waals surface area contributed by atoms with Gasteiger partial charge in [-0.15, -0.1) is 24.8 Å². The zero-order valence-electron chi connectivity index (χ0n) is 10.9. The van der Waals surface area contributed by atoms with Crippen molar-refractivity contribution in [3.63, 3.8) is 0 Å². The minimum atomic E-state index is 0. The van der Waals surface area contributed by atoms with Gasteiger partial charge in [0.15, 0.2) is 0 Å². The molecule has 0 unspecified atom stereocenters. The number of fused-ring (bicyclic) bond motifs is 3. The van der Waals surface area contributed by atoms with Crippen LogP contribution in [0.15, 0.2) is 35.1 Å².